The van der Waals surface area contributed by atoms with E-state index >= 15 is 0 Å². The number of ketones is 1. The van der Waals surface area contributed by atoms with Gasteiger partial charge in [-0.25, -0.2) is 0 Å². The Morgan fingerprint density at radius 2 is 1.75 bits per heavy atom. The number of aliphatic hydroxyl groups excluding tert-OH is 2. The molecule has 4 aliphatic rings. The Morgan fingerprint density at radius 1 is 1.03 bits per heavy atom. The van der Waals surface area contributed by atoms with Crippen LogP contribution in [0.3, 0.4) is 0 Å². The third kappa shape index (κ3) is 4.06. The number of aliphatic hydroxyl groups is 2. The van der Waals surface area contributed by atoms with E-state index in [9.17, 15) is 19.8 Å². The summed E-state index contributed by atoms with van der Waals surface area (Å²) in [5.41, 5.74) is 0.206. The van der Waals surface area contributed by atoms with Crippen LogP contribution in [0.25, 0.3) is 0 Å². The van der Waals surface area contributed by atoms with Crippen LogP contribution < -0.4 is 0 Å². The number of esters is 1. The van der Waals surface area contributed by atoms with E-state index in [2.05, 4.69) is 13.8 Å². The van der Waals surface area contributed by atoms with Crippen LogP contribution in [-0.4, -0.2) is 40.8 Å². The number of fused-ring (bicyclic) bond motifs is 5. The standard InChI is InChI=1S/C27H44O5/c1-16(15-28)5-8-24(31)32-23-14-22-20-7-6-18-13-19(30)9-11-26(18,3)21(20)10-12-27(22,4)25(23)17(2)29/h16,18-23,25,28,30H,5-15H2,1-4H3/t16-,18+,19+,20-,21+,22+,23+,25+,26+,27+/m1/s1. The lowest BCUT2D eigenvalue weighted by Gasteiger charge is -2.60. The van der Waals surface area contributed by atoms with Gasteiger partial charge in [-0.15, -0.1) is 0 Å². The molecule has 32 heavy (non-hydrogen) atoms. The monoisotopic (exact) mass is 448 g/mol. The molecule has 5 heteroatoms. The smallest absolute Gasteiger partial charge is 0.306 e. The number of hydrogen-bond acceptors (Lipinski definition) is 5. The van der Waals surface area contributed by atoms with Crippen LogP contribution in [0.15, 0.2) is 0 Å². The van der Waals surface area contributed by atoms with Crippen LogP contribution in [-0.2, 0) is 14.3 Å². The highest BCUT2D eigenvalue weighted by Gasteiger charge is 2.64. The van der Waals surface area contributed by atoms with Gasteiger partial charge in [-0.05, 0) is 105 Å². The molecular formula is C27H44O5. The Hall–Kier alpha value is -0.940. The number of carbonyl (C=O) groups excluding carboxylic acids is 2. The lowest BCUT2D eigenvalue weighted by atomic mass is 9.44. The summed E-state index contributed by atoms with van der Waals surface area (Å²) in [6, 6.07) is 0. The van der Waals surface area contributed by atoms with Crippen molar-refractivity contribution in [3.05, 3.63) is 0 Å². The minimum atomic E-state index is -0.308. The number of ether oxygens (including phenoxy) is 1. The van der Waals surface area contributed by atoms with Crippen molar-refractivity contribution >= 4 is 11.8 Å². The molecule has 0 heterocycles. The van der Waals surface area contributed by atoms with Gasteiger partial charge < -0.3 is 14.9 Å². The maximum Gasteiger partial charge on any atom is 0.306 e. The van der Waals surface area contributed by atoms with Gasteiger partial charge in [0.05, 0.1) is 12.0 Å². The Morgan fingerprint density at radius 3 is 2.44 bits per heavy atom. The molecule has 0 radical (unpaired) electrons. The van der Waals surface area contributed by atoms with Crippen molar-refractivity contribution in [3.63, 3.8) is 0 Å². The molecular weight excluding hydrogens is 404 g/mol. The molecule has 0 aromatic carbocycles. The number of rotatable bonds is 6. The molecule has 5 nitrogen and oxygen atoms in total. The van der Waals surface area contributed by atoms with Gasteiger partial charge in [0.1, 0.15) is 11.9 Å². The summed E-state index contributed by atoms with van der Waals surface area (Å²) < 4.78 is 5.99. The minimum Gasteiger partial charge on any atom is -0.462 e. The Labute approximate surface area is 193 Å². The summed E-state index contributed by atoms with van der Waals surface area (Å²) in [6.45, 7) is 8.45. The zero-order chi connectivity index (χ0) is 23.3. The van der Waals surface area contributed by atoms with Gasteiger partial charge in [-0.1, -0.05) is 20.8 Å². The molecule has 0 saturated heterocycles. The van der Waals surface area contributed by atoms with E-state index in [4.69, 9.17) is 4.74 Å². The van der Waals surface area contributed by atoms with Crippen LogP contribution in [0.5, 0.6) is 0 Å². The van der Waals surface area contributed by atoms with E-state index in [0.29, 0.717) is 41.9 Å². The zero-order valence-corrected chi connectivity index (χ0v) is 20.5. The first-order valence-corrected chi connectivity index (χ1v) is 13.1. The molecule has 4 saturated carbocycles. The fraction of sp³-hybridized carbons (Fsp3) is 0.926. The summed E-state index contributed by atoms with van der Waals surface area (Å²) in [5.74, 6) is 2.10. The molecule has 0 aliphatic heterocycles. The second kappa shape index (κ2) is 9.02. The molecule has 0 spiro atoms. The van der Waals surface area contributed by atoms with Crippen molar-refractivity contribution in [1.82, 2.24) is 0 Å². The van der Waals surface area contributed by atoms with Crippen LogP contribution in [0, 0.1) is 46.3 Å². The van der Waals surface area contributed by atoms with E-state index in [-0.39, 0.29) is 47.8 Å². The summed E-state index contributed by atoms with van der Waals surface area (Å²) in [5, 5.41) is 19.5. The number of carbonyl (C=O) groups is 2. The lowest BCUT2D eigenvalue weighted by Crippen LogP contribution is -2.54. The lowest BCUT2D eigenvalue weighted by molar-refractivity contribution is -0.154. The van der Waals surface area contributed by atoms with Crippen LogP contribution in [0.2, 0.25) is 0 Å². The summed E-state index contributed by atoms with van der Waals surface area (Å²) in [7, 11) is 0. The van der Waals surface area contributed by atoms with E-state index in [0.717, 1.165) is 38.5 Å². The summed E-state index contributed by atoms with van der Waals surface area (Å²) in [4.78, 5) is 25.5. The van der Waals surface area contributed by atoms with Crippen LogP contribution in [0.1, 0.15) is 91.9 Å². The Bertz CT molecular complexity index is 721. The predicted octanol–water partition coefficient (Wildman–Crippen LogP) is 4.53. The molecule has 4 fully saturated rings. The van der Waals surface area contributed by atoms with Crippen molar-refractivity contribution in [1.29, 1.82) is 0 Å². The van der Waals surface area contributed by atoms with E-state index in [1.54, 1.807) is 6.92 Å². The molecule has 182 valence electrons. The maximum atomic E-state index is 12.8. The Balaban J connectivity index is 1.52. The highest BCUT2D eigenvalue weighted by molar-refractivity contribution is 5.81. The molecule has 4 rings (SSSR count). The number of Topliss-reactive ketones (excluding diaryl/α,β-unsaturated/α-hetero) is 1. The Kier molecular flexibility index (Phi) is 6.82. The van der Waals surface area contributed by atoms with Gasteiger partial charge in [0.2, 0.25) is 0 Å². The highest BCUT2D eigenvalue weighted by Crippen LogP contribution is 2.67. The molecule has 10 atom stereocenters. The molecule has 2 N–H and O–H groups in total. The van der Waals surface area contributed by atoms with Gasteiger partial charge in [0.15, 0.2) is 0 Å². The first kappa shape index (κ1) is 24.2. The summed E-state index contributed by atoms with van der Waals surface area (Å²) in [6.07, 6.45) is 8.80. The molecule has 0 unspecified atom stereocenters. The molecule has 0 aromatic rings. The fourth-order valence-corrected chi connectivity index (χ4v) is 8.75. The zero-order valence-electron chi connectivity index (χ0n) is 20.5. The van der Waals surface area contributed by atoms with Crippen molar-refractivity contribution in [2.24, 2.45) is 46.3 Å². The van der Waals surface area contributed by atoms with Crippen molar-refractivity contribution in [3.8, 4) is 0 Å². The van der Waals surface area contributed by atoms with Gasteiger partial charge in [-0.2, -0.15) is 0 Å². The van der Waals surface area contributed by atoms with Gasteiger partial charge >= 0.3 is 5.97 Å². The van der Waals surface area contributed by atoms with Crippen LogP contribution >= 0.6 is 0 Å². The predicted molar refractivity (Wildman–Crippen MR) is 123 cm³/mol. The van der Waals surface area contributed by atoms with E-state index < -0.39 is 0 Å². The number of hydrogen-bond donors (Lipinski definition) is 2. The average Bonchev–Trinajstić information content (AvgIpc) is 3.04. The largest absolute Gasteiger partial charge is 0.462 e. The quantitative estimate of drug-likeness (QED) is 0.584. The van der Waals surface area contributed by atoms with Crippen molar-refractivity contribution < 1.29 is 24.5 Å². The normalized spacial score (nSPS) is 46.5. The van der Waals surface area contributed by atoms with Gasteiger partial charge in [-0.3, -0.25) is 9.59 Å². The van der Waals surface area contributed by atoms with Crippen molar-refractivity contribution in [2.45, 2.75) is 104 Å². The van der Waals surface area contributed by atoms with E-state index in [1.807, 2.05) is 6.92 Å². The molecule has 0 aromatic heterocycles. The topological polar surface area (TPSA) is 83.8 Å². The second-order valence-electron chi connectivity index (χ2n) is 12.3. The summed E-state index contributed by atoms with van der Waals surface area (Å²) >= 11 is 0. The van der Waals surface area contributed by atoms with Crippen molar-refractivity contribution in [2.75, 3.05) is 6.61 Å². The fourth-order valence-electron chi connectivity index (χ4n) is 8.75. The highest BCUT2D eigenvalue weighted by atomic mass is 16.5. The maximum absolute atomic E-state index is 12.8. The first-order valence-electron chi connectivity index (χ1n) is 13.1. The molecule has 0 bridgehead atoms. The molecule has 0 amide bonds. The third-order valence-electron chi connectivity index (χ3n) is 10.5. The second-order valence-corrected chi connectivity index (χ2v) is 12.3. The molecule has 4 aliphatic carbocycles. The average molecular weight is 449 g/mol. The van der Waals surface area contributed by atoms with Gasteiger partial charge in [0.25, 0.3) is 0 Å². The SMILES string of the molecule is CC(=O)[C@H]1[C@@H](OC(=O)CC[C@@H](C)CO)C[C@H]2[C@@H]3CC[C@H]4C[C@@H](O)CC[C@]4(C)[C@H]3CC[C@@]21C. The first-order chi connectivity index (χ1) is 15.1. The van der Waals surface area contributed by atoms with Gasteiger partial charge in [0, 0.05) is 13.0 Å². The minimum absolute atomic E-state index is 0.0762. The van der Waals surface area contributed by atoms with E-state index in [1.165, 1.54) is 12.8 Å². The third-order valence-corrected chi connectivity index (χ3v) is 10.5. The van der Waals surface area contributed by atoms with Crippen LogP contribution in [0.4, 0.5) is 0 Å².